The van der Waals surface area contributed by atoms with Crippen molar-refractivity contribution >= 4 is 17.5 Å². The molecule has 0 aliphatic rings. The van der Waals surface area contributed by atoms with Crippen LogP contribution in [0, 0.1) is 0 Å². The van der Waals surface area contributed by atoms with Crippen LogP contribution in [0.1, 0.15) is 16.1 Å². The molecule has 2 amide bonds. The highest BCUT2D eigenvalue weighted by atomic mass is 16.5. The van der Waals surface area contributed by atoms with Crippen LogP contribution < -0.4 is 5.32 Å². The SMILES string of the molecule is CN(C)C(=O)Cc1ccc(NC(=O)c2cc(-c3ccccc3)on2)cc1. The molecule has 26 heavy (non-hydrogen) atoms. The van der Waals surface area contributed by atoms with Gasteiger partial charge >= 0.3 is 0 Å². The molecule has 132 valence electrons. The first-order valence-electron chi connectivity index (χ1n) is 8.15. The summed E-state index contributed by atoms with van der Waals surface area (Å²) in [6.07, 6.45) is 0.324. The minimum atomic E-state index is -0.354. The molecule has 6 nitrogen and oxygen atoms in total. The predicted molar refractivity (Wildman–Crippen MR) is 98.7 cm³/mol. The fourth-order valence-electron chi connectivity index (χ4n) is 2.35. The smallest absolute Gasteiger partial charge is 0.277 e. The van der Waals surface area contributed by atoms with Crippen LogP contribution in [0.25, 0.3) is 11.3 Å². The van der Waals surface area contributed by atoms with E-state index in [1.54, 1.807) is 37.2 Å². The van der Waals surface area contributed by atoms with Gasteiger partial charge in [-0.15, -0.1) is 0 Å². The Morgan fingerprint density at radius 2 is 1.73 bits per heavy atom. The quantitative estimate of drug-likeness (QED) is 0.767. The number of rotatable bonds is 5. The molecule has 0 atom stereocenters. The Bertz CT molecular complexity index is 900. The third-order valence-electron chi connectivity index (χ3n) is 3.87. The van der Waals surface area contributed by atoms with Gasteiger partial charge in [0.25, 0.3) is 5.91 Å². The van der Waals surface area contributed by atoms with E-state index in [1.807, 2.05) is 42.5 Å². The first-order chi connectivity index (χ1) is 12.5. The van der Waals surface area contributed by atoms with E-state index in [2.05, 4.69) is 10.5 Å². The van der Waals surface area contributed by atoms with E-state index in [1.165, 1.54) is 0 Å². The summed E-state index contributed by atoms with van der Waals surface area (Å²) in [6, 6.07) is 18.2. The Hall–Kier alpha value is -3.41. The highest BCUT2D eigenvalue weighted by Crippen LogP contribution is 2.20. The Morgan fingerprint density at radius 1 is 1.04 bits per heavy atom. The average Bonchev–Trinajstić information content (AvgIpc) is 3.14. The highest BCUT2D eigenvalue weighted by Gasteiger charge is 2.14. The third kappa shape index (κ3) is 4.16. The number of hydrogen-bond acceptors (Lipinski definition) is 4. The Morgan fingerprint density at radius 3 is 2.38 bits per heavy atom. The van der Waals surface area contributed by atoms with Crippen molar-refractivity contribution in [3.63, 3.8) is 0 Å². The molecule has 0 saturated carbocycles. The second kappa shape index (κ2) is 7.65. The zero-order chi connectivity index (χ0) is 18.5. The molecule has 0 spiro atoms. The molecule has 3 aromatic rings. The molecule has 0 bridgehead atoms. The lowest BCUT2D eigenvalue weighted by Gasteiger charge is -2.10. The highest BCUT2D eigenvalue weighted by molar-refractivity contribution is 6.03. The minimum absolute atomic E-state index is 0.0258. The Kier molecular flexibility index (Phi) is 5.12. The van der Waals surface area contributed by atoms with Gasteiger partial charge in [-0.2, -0.15) is 0 Å². The van der Waals surface area contributed by atoms with Crippen LogP contribution in [-0.2, 0) is 11.2 Å². The van der Waals surface area contributed by atoms with Crippen LogP contribution in [0.5, 0.6) is 0 Å². The van der Waals surface area contributed by atoms with Gasteiger partial charge in [-0.3, -0.25) is 9.59 Å². The van der Waals surface area contributed by atoms with Gasteiger partial charge in [-0.05, 0) is 17.7 Å². The molecule has 3 rings (SSSR count). The van der Waals surface area contributed by atoms with Crippen molar-refractivity contribution in [3.05, 3.63) is 71.9 Å². The molecule has 0 fully saturated rings. The summed E-state index contributed by atoms with van der Waals surface area (Å²) in [5.74, 6) is 0.208. The third-order valence-corrected chi connectivity index (χ3v) is 3.87. The summed E-state index contributed by atoms with van der Waals surface area (Å²) in [7, 11) is 3.44. The van der Waals surface area contributed by atoms with E-state index < -0.39 is 0 Å². The number of carbonyl (C=O) groups excluding carboxylic acids is 2. The first kappa shape index (κ1) is 17.4. The molecule has 0 aliphatic carbocycles. The summed E-state index contributed by atoms with van der Waals surface area (Å²) >= 11 is 0. The van der Waals surface area contributed by atoms with Crippen LogP contribution in [0.3, 0.4) is 0 Å². The van der Waals surface area contributed by atoms with E-state index in [9.17, 15) is 9.59 Å². The van der Waals surface area contributed by atoms with E-state index >= 15 is 0 Å². The normalized spacial score (nSPS) is 10.4. The van der Waals surface area contributed by atoms with Gasteiger partial charge < -0.3 is 14.7 Å². The standard InChI is InChI=1S/C20H19N3O3/c1-23(2)19(24)12-14-8-10-16(11-9-14)21-20(25)17-13-18(26-22-17)15-6-4-3-5-7-15/h3-11,13H,12H2,1-2H3,(H,21,25). The lowest BCUT2D eigenvalue weighted by atomic mass is 10.1. The van der Waals surface area contributed by atoms with Gasteiger partial charge in [0.2, 0.25) is 5.91 Å². The number of amides is 2. The number of benzene rings is 2. The zero-order valence-electron chi connectivity index (χ0n) is 14.6. The fraction of sp³-hybridized carbons (Fsp3) is 0.150. The van der Waals surface area contributed by atoms with Gasteiger partial charge in [-0.1, -0.05) is 47.6 Å². The maximum atomic E-state index is 12.3. The van der Waals surface area contributed by atoms with Crippen molar-refractivity contribution < 1.29 is 14.1 Å². The largest absolute Gasteiger partial charge is 0.355 e. The number of aromatic nitrogens is 1. The van der Waals surface area contributed by atoms with Crippen molar-refractivity contribution in [1.82, 2.24) is 10.1 Å². The van der Waals surface area contributed by atoms with Crippen LogP contribution in [-0.4, -0.2) is 36.0 Å². The number of carbonyl (C=O) groups is 2. The first-order valence-corrected chi connectivity index (χ1v) is 8.15. The van der Waals surface area contributed by atoms with Gasteiger partial charge in [0.1, 0.15) is 0 Å². The molecule has 0 radical (unpaired) electrons. The lowest BCUT2D eigenvalue weighted by molar-refractivity contribution is -0.127. The van der Waals surface area contributed by atoms with E-state index in [-0.39, 0.29) is 17.5 Å². The predicted octanol–water partition coefficient (Wildman–Crippen LogP) is 3.22. The number of nitrogens with one attached hydrogen (secondary N) is 1. The lowest BCUT2D eigenvalue weighted by Crippen LogP contribution is -2.23. The molecule has 2 aromatic carbocycles. The molecule has 6 heteroatoms. The van der Waals surface area contributed by atoms with Gasteiger partial charge in [-0.25, -0.2) is 0 Å². The van der Waals surface area contributed by atoms with Crippen molar-refractivity contribution in [2.75, 3.05) is 19.4 Å². The van der Waals surface area contributed by atoms with Crippen LogP contribution in [0.2, 0.25) is 0 Å². The maximum absolute atomic E-state index is 12.3. The maximum Gasteiger partial charge on any atom is 0.277 e. The molecular weight excluding hydrogens is 330 g/mol. The van der Waals surface area contributed by atoms with E-state index in [0.717, 1.165) is 11.1 Å². The Balaban J connectivity index is 1.65. The summed E-state index contributed by atoms with van der Waals surface area (Å²) in [4.78, 5) is 25.6. The van der Waals surface area contributed by atoms with Crippen LogP contribution in [0.15, 0.2) is 65.2 Å². The van der Waals surface area contributed by atoms with Crippen molar-refractivity contribution in [2.45, 2.75) is 6.42 Å². The number of hydrogen-bond donors (Lipinski definition) is 1. The molecule has 0 unspecified atom stereocenters. The fourth-order valence-corrected chi connectivity index (χ4v) is 2.35. The summed E-state index contributed by atoms with van der Waals surface area (Å²) in [5, 5.41) is 6.60. The van der Waals surface area contributed by atoms with E-state index in [0.29, 0.717) is 17.9 Å². The Labute approximate surface area is 151 Å². The van der Waals surface area contributed by atoms with Crippen LogP contribution in [0.4, 0.5) is 5.69 Å². The van der Waals surface area contributed by atoms with Crippen LogP contribution >= 0.6 is 0 Å². The number of anilines is 1. The summed E-state index contributed by atoms with van der Waals surface area (Å²) < 4.78 is 5.24. The topological polar surface area (TPSA) is 75.4 Å². The summed E-state index contributed by atoms with van der Waals surface area (Å²) in [5.41, 5.74) is 2.57. The van der Waals surface area contributed by atoms with Gasteiger partial charge in [0.05, 0.1) is 6.42 Å². The van der Waals surface area contributed by atoms with Gasteiger partial charge in [0, 0.05) is 31.4 Å². The van der Waals surface area contributed by atoms with Crippen molar-refractivity contribution in [2.24, 2.45) is 0 Å². The van der Waals surface area contributed by atoms with Gasteiger partial charge in [0.15, 0.2) is 11.5 Å². The van der Waals surface area contributed by atoms with Crippen molar-refractivity contribution in [3.8, 4) is 11.3 Å². The minimum Gasteiger partial charge on any atom is -0.355 e. The number of likely N-dealkylation sites (N-methyl/N-ethyl adjacent to an activating group) is 1. The molecule has 0 aliphatic heterocycles. The molecule has 1 N–H and O–H groups in total. The monoisotopic (exact) mass is 349 g/mol. The van der Waals surface area contributed by atoms with E-state index in [4.69, 9.17) is 4.52 Å². The van der Waals surface area contributed by atoms with Crippen molar-refractivity contribution in [1.29, 1.82) is 0 Å². The zero-order valence-corrected chi connectivity index (χ0v) is 14.6. The molecular formula is C20H19N3O3. The number of nitrogens with zero attached hydrogens (tertiary/aromatic N) is 2. The molecule has 0 saturated heterocycles. The second-order valence-electron chi connectivity index (χ2n) is 6.06. The molecule has 1 aromatic heterocycles. The average molecular weight is 349 g/mol. The summed E-state index contributed by atoms with van der Waals surface area (Å²) in [6.45, 7) is 0. The molecule has 1 heterocycles. The second-order valence-corrected chi connectivity index (χ2v) is 6.06.